The zero-order valence-electron chi connectivity index (χ0n) is 14.0. The van der Waals surface area contributed by atoms with Crippen LogP contribution < -0.4 is 9.47 Å². The van der Waals surface area contributed by atoms with Crippen molar-refractivity contribution in [3.05, 3.63) is 58.6 Å². The van der Waals surface area contributed by atoms with E-state index >= 15 is 0 Å². The zero-order chi connectivity index (χ0) is 17.6. The van der Waals surface area contributed by atoms with Crippen LogP contribution in [0.15, 0.2) is 42.5 Å². The molecule has 3 rings (SSSR count). The number of amides is 1. The van der Waals surface area contributed by atoms with Crippen molar-refractivity contribution < 1.29 is 14.3 Å². The Morgan fingerprint density at radius 3 is 2.72 bits per heavy atom. The summed E-state index contributed by atoms with van der Waals surface area (Å²) in [5.41, 5.74) is 2.15. The molecule has 25 heavy (non-hydrogen) atoms. The summed E-state index contributed by atoms with van der Waals surface area (Å²) in [6.45, 7) is 1.67. The van der Waals surface area contributed by atoms with Crippen LogP contribution in [0, 0.1) is 0 Å². The summed E-state index contributed by atoms with van der Waals surface area (Å²) in [5.74, 6) is 2.52. The van der Waals surface area contributed by atoms with Crippen molar-refractivity contribution in [3.8, 4) is 11.5 Å². The van der Waals surface area contributed by atoms with E-state index in [1.165, 1.54) is 0 Å². The number of hydrogen-bond acceptors (Lipinski definition) is 4. The van der Waals surface area contributed by atoms with E-state index in [2.05, 4.69) is 0 Å². The van der Waals surface area contributed by atoms with Crippen LogP contribution in [-0.2, 0) is 17.1 Å². The predicted octanol–water partition coefficient (Wildman–Crippen LogP) is 4.00. The summed E-state index contributed by atoms with van der Waals surface area (Å²) in [4.78, 5) is 14.0. The summed E-state index contributed by atoms with van der Waals surface area (Å²) in [7, 11) is 1.83. The van der Waals surface area contributed by atoms with Crippen molar-refractivity contribution in [1.82, 2.24) is 4.90 Å². The number of benzene rings is 2. The smallest absolute Gasteiger partial charge is 0.232 e. The monoisotopic (exact) mass is 377 g/mol. The lowest BCUT2D eigenvalue weighted by molar-refractivity contribution is -0.127. The minimum absolute atomic E-state index is 0.109. The highest BCUT2D eigenvalue weighted by Crippen LogP contribution is 2.39. The number of fused-ring (bicyclic) bond motifs is 1. The predicted molar refractivity (Wildman–Crippen MR) is 102 cm³/mol. The molecular formula is C19H20ClNO3S. The first-order valence-corrected chi connectivity index (χ1v) is 9.60. The maximum Gasteiger partial charge on any atom is 0.232 e. The number of ether oxygens (including phenoxy) is 2. The van der Waals surface area contributed by atoms with Crippen molar-refractivity contribution in [2.75, 3.05) is 26.0 Å². The van der Waals surface area contributed by atoms with E-state index < -0.39 is 0 Å². The highest BCUT2D eigenvalue weighted by molar-refractivity contribution is 7.99. The summed E-state index contributed by atoms with van der Waals surface area (Å²) >= 11 is 7.81. The summed E-state index contributed by atoms with van der Waals surface area (Å²) in [5, 5.41) is 0.556. The van der Waals surface area contributed by atoms with Gasteiger partial charge in [0.15, 0.2) is 11.5 Å². The standard InChI is InChI=1S/C19H20ClNO3S/c1-21(11-14-5-3-2-4-6-14)18(22)13-25-12-15-9-16(20)19-17(10-15)23-7-8-24-19/h2-6,9-10H,7-8,11-13H2,1H3. The average Bonchev–Trinajstić information content (AvgIpc) is 2.62. The fraction of sp³-hybridized carbons (Fsp3) is 0.316. The molecule has 0 N–H and O–H groups in total. The van der Waals surface area contributed by atoms with E-state index in [0.717, 1.165) is 11.1 Å². The topological polar surface area (TPSA) is 38.8 Å². The van der Waals surface area contributed by atoms with Gasteiger partial charge in [-0.05, 0) is 23.3 Å². The SMILES string of the molecule is CN(Cc1ccccc1)C(=O)CSCc1cc(Cl)c2c(c1)OCCO2. The Bertz CT molecular complexity index is 739. The second kappa shape index (κ2) is 8.50. The number of nitrogens with zero attached hydrogens (tertiary/aromatic N) is 1. The minimum Gasteiger partial charge on any atom is -0.486 e. The molecule has 0 unspecified atom stereocenters. The number of carbonyl (C=O) groups is 1. The van der Waals surface area contributed by atoms with Crippen LogP contribution in [0.5, 0.6) is 11.5 Å². The molecule has 0 spiro atoms. The van der Waals surface area contributed by atoms with Gasteiger partial charge in [-0.1, -0.05) is 41.9 Å². The van der Waals surface area contributed by atoms with Crippen molar-refractivity contribution in [3.63, 3.8) is 0 Å². The lowest BCUT2D eigenvalue weighted by Crippen LogP contribution is -2.27. The fourth-order valence-electron chi connectivity index (χ4n) is 2.56. The Hall–Kier alpha value is -1.85. The molecule has 4 nitrogen and oxygen atoms in total. The Morgan fingerprint density at radius 1 is 1.16 bits per heavy atom. The number of thioether (sulfide) groups is 1. The molecule has 1 heterocycles. The number of carbonyl (C=O) groups excluding carboxylic acids is 1. The maximum absolute atomic E-state index is 12.3. The lowest BCUT2D eigenvalue weighted by atomic mass is 10.2. The molecular weight excluding hydrogens is 358 g/mol. The van der Waals surface area contributed by atoms with Crippen LogP contribution in [0.3, 0.4) is 0 Å². The van der Waals surface area contributed by atoms with Crippen molar-refractivity contribution in [2.24, 2.45) is 0 Å². The van der Waals surface area contributed by atoms with Crippen molar-refractivity contribution >= 4 is 29.3 Å². The molecule has 0 aromatic heterocycles. The molecule has 0 saturated carbocycles. The molecule has 132 valence electrons. The highest BCUT2D eigenvalue weighted by Gasteiger charge is 2.17. The quantitative estimate of drug-likeness (QED) is 0.762. The number of rotatable bonds is 6. The zero-order valence-corrected chi connectivity index (χ0v) is 15.6. The third kappa shape index (κ3) is 4.83. The minimum atomic E-state index is 0.109. The molecule has 2 aromatic rings. The van der Waals surface area contributed by atoms with Gasteiger partial charge in [0.25, 0.3) is 0 Å². The number of halogens is 1. The van der Waals surface area contributed by atoms with Crippen molar-refractivity contribution in [1.29, 1.82) is 0 Å². The van der Waals surface area contributed by atoms with Crippen LogP contribution in [0.25, 0.3) is 0 Å². The second-order valence-electron chi connectivity index (χ2n) is 5.83. The second-order valence-corrected chi connectivity index (χ2v) is 7.22. The molecule has 0 aliphatic carbocycles. The normalized spacial score (nSPS) is 12.7. The van der Waals surface area contributed by atoms with E-state index in [1.807, 2.05) is 49.5 Å². The molecule has 1 amide bonds. The van der Waals surface area contributed by atoms with E-state index in [9.17, 15) is 4.79 Å². The maximum atomic E-state index is 12.3. The summed E-state index contributed by atoms with van der Waals surface area (Å²) < 4.78 is 11.1. The molecule has 1 aliphatic heterocycles. The van der Waals surface area contributed by atoms with Gasteiger partial charge in [0, 0.05) is 19.3 Å². The number of hydrogen-bond donors (Lipinski definition) is 0. The van der Waals surface area contributed by atoms with Crippen LogP contribution >= 0.6 is 23.4 Å². The molecule has 0 radical (unpaired) electrons. The fourth-order valence-corrected chi connectivity index (χ4v) is 3.75. The van der Waals surface area contributed by atoms with Crippen LogP contribution in [0.4, 0.5) is 0 Å². The van der Waals surface area contributed by atoms with E-state index in [1.54, 1.807) is 16.7 Å². The molecule has 0 atom stereocenters. The van der Waals surface area contributed by atoms with Crippen LogP contribution in [0.1, 0.15) is 11.1 Å². The van der Waals surface area contributed by atoms with E-state index in [4.69, 9.17) is 21.1 Å². The Morgan fingerprint density at radius 2 is 1.92 bits per heavy atom. The van der Waals surface area contributed by atoms with Gasteiger partial charge < -0.3 is 14.4 Å². The molecule has 6 heteroatoms. The Labute approximate surface area is 157 Å². The average molecular weight is 378 g/mol. The Balaban J connectivity index is 1.50. The molecule has 0 fully saturated rings. The molecule has 0 bridgehead atoms. The Kier molecular flexibility index (Phi) is 6.10. The van der Waals surface area contributed by atoms with E-state index in [-0.39, 0.29) is 5.91 Å². The first kappa shape index (κ1) is 18.0. The third-order valence-electron chi connectivity index (χ3n) is 3.84. The van der Waals surface area contributed by atoms with Crippen LogP contribution in [0.2, 0.25) is 5.02 Å². The highest BCUT2D eigenvalue weighted by atomic mass is 35.5. The third-order valence-corrected chi connectivity index (χ3v) is 5.11. The van der Waals surface area contributed by atoms with E-state index in [0.29, 0.717) is 47.8 Å². The van der Waals surface area contributed by atoms with Crippen LogP contribution in [-0.4, -0.2) is 36.8 Å². The lowest BCUT2D eigenvalue weighted by Gasteiger charge is -2.20. The molecule has 0 saturated heterocycles. The molecule has 1 aliphatic rings. The van der Waals surface area contributed by atoms with Gasteiger partial charge in [-0.3, -0.25) is 4.79 Å². The van der Waals surface area contributed by atoms with Gasteiger partial charge in [-0.25, -0.2) is 0 Å². The first-order valence-electron chi connectivity index (χ1n) is 8.07. The van der Waals surface area contributed by atoms with Gasteiger partial charge in [0.1, 0.15) is 13.2 Å². The summed E-state index contributed by atoms with van der Waals surface area (Å²) in [6, 6.07) is 13.8. The van der Waals surface area contributed by atoms with Gasteiger partial charge in [0.2, 0.25) is 5.91 Å². The van der Waals surface area contributed by atoms with Gasteiger partial charge in [0.05, 0.1) is 10.8 Å². The largest absolute Gasteiger partial charge is 0.486 e. The molecule has 2 aromatic carbocycles. The van der Waals surface area contributed by atoms with Gasteiger partial charge in [-0.2, -0.15) is 0 Å². The van der Waals surface area contributed by atoms with Gasteiger partial charge in [-0.15, -0.1) is 11.8 Å². The van der Waals surface area contributed by atoms with Crippen molar-refractivity contribution in [2.45, 2.75) is 12.3 Å². The summed E-state index contributed by atoms with van der Waals surface area (Å²) in [6.07, 6.45) is 0. The first-order chi connectivity index (χ1) is 12.1. The van der Waals surface area contributed by atoms with Gasteiger partial charge >= 0.3 is 0 Å².